The number of aliphatic hydroxyl groups is 4. The number of ether oxygens (including phenoxy) is 5. The molecule has 3 aliphatic rings. The van der Waals surface area contributed by atoms with Crippen molar-refractivity contribution in [1.29, 1.82) is 0 Å². The zero-order valence-electron chi connectivity index (χ0n) is 33.7. The fourth-order valence-corrected chi connectivity index (χ4v) is 13.1. The molecule has 3 aliphatic heterocycles. The van der Waals surface area contributed by atoms with Crippen LogP contribution in [0.4, 0.5) is 0 Å². The van der Waals surface area contributed by atoms with E-state index in [1.807, 2.05) is 39.8 Å². The first-order valence-electron chi connectivity index (χ1n) is 18.6. The van der Waals surface area contributed by atoms with Crippen LogP contribution in [-0.4, -0.2) is 141 Å². The van der Waals surface area contributed by atoms with Crippen LogP contribution in [0.5, 0.6) is 0 Å². The maximum atomic E-state index is 14.2. The number of alkyl halides is 1. The number of methoxy groups -OCH3 is 2. The maximum absolute atomic E-state index is 14.2. The number of nitrogens with zero attached hydrogens (tertiary/aromatic N) is 1. The number of aliphatic hydroxyl groups excluding tert-OH is 3. The monoisotopic (exact) mass is 861 g/mol. The molecule has 0 aromatic heterocycles. The van der Waals surface area contributed by atoms with E-state index in [2.05, 4.69) is 0 Å². The predicted molar refractivity (Wildman–Crippen MR) is 201 cm³/mol. The molecule has 3 fully saturated rings. The number of halogens is 1. The van der Waals surface area contributed by atoms with Gasteiger partial charge in [-0.15, -0.1) is 0 Å². The third kappa shape index (κ3) is 9.68. The van der Waals surface area contributed by atoms with Crippen LogP contribution in [-0.2, 0) is 39.4 Å². The number of hydrogen-bond donors (Lipinski definition) is 4. The van der Waals surface area contributed by atoms with E-state index in [0.29, 0.717) is 6.42 Å². The summed E-state index contributed by atoms with van der Waals surface area (Å²) >= 11 is -3.15. The van der Waals surface area contributed by atoms with Gasteiger partial charge in [-0.25, -0.2) is 0 Å². The van der Waals surface area contributed by atoms with E-state index in [1.165, 1.54) is 21.1 Å². The van der Waals surface area contributed by atoms with Crippen molar-refractivity contribution in [1.82, 2.24) is 4.90 Å². The number of hydrogen-bond acceptors (Lipinski definition) is 14. The van der Waals surface area contributed by atoms with Crippen LogP contribution in [0.2, 0.25) is 0 Å². The van der Waals surface area contributed by atoms with E-state index < -0.39 is 114 Å². The normalized spacial score (nSPS) is 48.3. The Morgan fingerprint density at radius 3 is 2.04 bits per heavy atom. The van der Waals surface area contributed by atoms with Crippen molar-refractivity contribution in [2.24, 2.45) is 23.7 Å². The molecule has 3 rings (SSSR count). The summed E-state index contributed by atoms with van der Waals surface area (Å²) in [7, 11) is 6.84. The van der Waals surface area contributed by atoms with Gasteiger partial charge in [0.25, 0.3) is 0 Å². The van der Waals surface area contributed by atoms with Gasteiger partial charge in [0.1, 0.15) is 0 Å². The first-order valence-corrected chi connectivity index (χ1v) is 21.6. The SMILES string of the molecule is CC[C@H]1OC(=O)[C@H](C)[C@@H](O[C@H]2C[C@@](C)(OC)[C@@H](O)[C@H](C)O2)[C@H](C)C(OI2O[C@H](C)C[C@H](N(C)C)[C@H]2O)[C@](C)(OC)C[C@@H](C)C(=O)[C@H](C)C(O)[C@]1(C)O. The summed E-state index contributed by atoms with van der Waals surface area (Å²) in [6, 6.07) is -0.214. The van der Waals surface area contributed by atoms with Crippen molar-refractivity contribution in [2.45, 2.75) is 171 Å². The molecule has 0 spiro atoms. The summed E-state index contributed by atoms with van der Waals surface area (Å²) in [5.74, 6) is -4.36. The predicted octanol–water partition coefficient (Wildman–Crippen LogP) is 3.41. The molecule has 52 heavy (non-hydrogen) atoms. The van der Waals surface area contributed by atoms with E-state index >= 15 is 0 Å². The van der Waals surface area contributed by atoms with Crippen LogP contribution in [0.25, 0.3) is 0 Å². The molecule has 0 saturated carbocycles. The van der Waals surface area contributed by atoms with Crippen LogP contribution in [0.3, 0.4) is 0 Å². The zero-order chi connectivity index (χ0) is 39.7. The number of cyclic esters (lactones) is 1. The molecule has 4 N–H and O–H groups in total. The van der Waals surface area contributed by atoms with E-state index in [4.69, 9.17) is 29.8 Å². The van der Waals surface area contributed by atoms with Crippen molar-refractivity contribution in [3.63, 3.8) is 0 Å². The topological polar surface area (TPSA) is 183 Å². The van der Waals surface area contributed by atoms with Gasteiger partial charge in [-0.05, 0) is 0 Å². The number of carbonyl (C=O) groups is 2. The Labute approximate surface area is 319 Å². The van der Waals surface area contributed by atoms with Gasteiger partial charge in [0.2, 0.25) is 0 Å². The van der Waals surface area contributed by atoms with Crippen molar-refractivity contribution >= 4 is 32.4 Å². The second-order valence-corrected chi connectivity index (χ2v) is 20.0. The minimum atomic E-state index is -3.15. The third-order valence-electron chi connectivity index (χ3n) is 11.9. The number of Topliss-reactive ketones (excluding diaryl/α,β-unsaturated/α-hetero) is 1. The number of rotatable bonds is 8. The Morgan fingerprint density at radius 2 is 1.50 bits per heavy atom. The van der Waals surface area contributed by atoms with Crippen molar-refractivity contribution in [3.8, 4) is 0 Å². The molecule has 3 heterocycles. The Hall–Kier alpha value is -0.570. The Balaban J connectivity index is 2.22. The van der Waals surface area contributed by atoms with Gasteiger partial charge in [-0.1, -0.05) is 0 Å². The second kappa shape index (κ2) is 18.1. The number of likely N-dealkylation sites (N-methyl/N-ethyl adjacent to an activating group) is 1. The summed E-state index contributed by atoms with van der Waals surface area (Å²) in [4.78, 5) is 30.1. The summed E-state index contributed by atoms with van der Waals surface area (Å²) in [6.45, 7) is 17.2. The van der Waals surface area contributed by atoms with E-state index in [1.54, 1.807) is 41.5 Å². The van der Waals surface area contributed by atoms with Crippen LogP contribution in [0.1, 0.15) is 94.9 Å². The first kappa shape index (κ1) is 45.8. The average Bonchev–Trinajstić information content (AvgIpc) is 3.09. The fourth-order valence-electron chi connectivity index (χ4n) is 8.13. The third-order valence-corrected chi connectivity index (χ3v) is 16.2. The van der Waals surface area contributed by atoms with Gasteiger partial charge in [-0.2, -0.15) is 0 Å². The minimum absolute atomic E-state index is 0.136. The van der Waals surface area contributed by atoms with Crippen LogP contribution in [0, 0.1) is 23.7 Å². The molecule has 3 saturated heterocycles. The van der Waals surface area contributed by atoms with Crippen molar-refractivity contribution in [2.75, 3.05) is 28.3 Å². The molecule has 0 aromatic carbocycles. The molecule has 15 heteroatoms. The molecule has 14 nitrogen and oxygen atoms in total. The average molecular weight is 862 g/mol. The molecule has 0 bridgehead atoms. The summed E-state index contributed by atoms with van der Waals surface area (Å²) in [6.07, 6.45) is -6.28. The standard InChI is InChI=1S/C37H68INO13/c1-15-26-37(10,45)30(41)21(4)28(40)19(2)17-36(9,47-14)32(52-38-33(43)25(39(11)12)16-20(3)51-38)22(5)29(23(6)34(44)49-26)50-27-18-35(8,46-13)31(42)24(7)48-27/h19-27,29-33,41-43,45H,15-18H2,1-14H3/t19-,20-,21+,22+,23-,24+,25+,26-,27+,29+,30?,31+,32?,33-,35-,36-,37-/m1/s1. The van der Waals surface area contributed by atoms with E-state index in [0.717, 1.165) is 0 Å². The van der Waals surface area contributed by atoms with Crippen molar-refractivity contribution in [3.05, 3.63) is 0 Å². The second-order valence-electron chi connectivity index (χ2n) is 16.3. The van der Waals surface area contributed by atoms with Crippen molar-refractivity contribution < 1.29 is 59.8 Å². The molecule has 0 amide bonds. The van der Waals surface area contributed by atoms with Gasteiger partial charge in [0.15, 0.2) is 0 Å². The summed E-state index contributed by atoms with van der Waals surface area (Å²) < 4.78 is 43.4. The molecule has 306 valence electrons. The van der Waals surface area contributed by atoms with Gasteiger partial charge >= 0.3 is 320 Å². The molecule has 2 unspecified atom stereocenters. The van der Waals surface area contributed by atoms with Gasteiger partial charge in [0.05, 0.1) is 0 Å². The fraction of sp³-hybridized carbons (Fsp3) is 0.946. The number of carbonyl (C=O) groups excluding carboxylic acids is 2. The molecule has 0 aliphatic carbocycles. The molecule has 17 atom stereocenters. The zero-order valence-corrected chi connectivity index (χ0v) is 35.9. The van der Waals surface area contributed by atoms with E-state index in [9.17, 15) is 30.0 Å². The molecular formula is C37H68INO13. The molecular weight excluding hydrogens is 793 g/mol. The Morgan fingerprint density at radius 1 is 0.904 bits per heavy atom. The van der Waals surface area contributed by atoms with Crippen LogP contribution < -0.4 is 0 Å². The first-order chi connectivity index (χ1) is 24.0. The summed E-state index contributed by atoms with van der Waals surface area (Å²) in [5.41, 5.74) is -4.19. The molecule has 0 radical (unpaired) electrons. The Bertz CT molecular complexity index is 1190. The number of ketones is 1. The van der Waals surface area contributed by atoms with Gasteiger partial charge < -0.3 is 0 Å². The van der Waals surface area contributed by atoms with Gasteiger partial charge in [-0.3, -0.25) is 0 Å². The van der Waals surface area contributed by atoms with Crippen LogP contribution in [0.15, 0.2) is 0 Å². The van der Waals surface area contributed by atoms with Crippen LogP contribution >= 0.6 is 20.6 Å². The number of esters is 1. The Kier molecular flexibility index (Phi) is 16.0. The van der Waals surface area contributed by atoms with E-state index in [-0.39, 0.29) is 37.2 Å². The molecule has 0 aromatic rings. The van der Waals surface area contributed by atoms with Gasteiger partial charge in [0, 0.05) is 0 Å². The quantitative estimate of drug-likeness (QED) is 0.158. The summed E-state index contributed by atoms with van der Waals surface area (Å²) in [5, 5.41) is 45.6.